The van der Waals surface area contributed by atoms with Crippen molar-refractivity contribution in [1.29, 1.82) is 0 Å². The summed E-state index contributed by atoms with van der Waals surface area (Å²) in [6.45, 7) is 8.16. The first-order chi connectivity index (χ1) is 13.1. The summed E-state index contributed by atoms with van der Waals surface area (Å²) >= 11 is 0. The summed E-state index contributed by atoms with van der Waals surface area (Å²) in [6.07, 6.45) is 2.74. The highest BCUT2D eigenvalue weighted by atomic mass is 16.5. The zero-order chi connectivity index (χ0) is 18.8. The first-order valence-electron chi connectivity index (χ1n) is 10.00. The van der Waals surface area contributed by atoms with E-state index in [0.717, 1.165) is 23.4 Å². The third kappa shape index (κ3) is 3.86. The van der Waals surface area contributed by atoms with Crippen molar-refractivity contribution < 1.29 is 9.53 Å². The molecular weight excluding hydrogens is 336 g/mol. The molecule has 4 nitrogen and oxygen atoms in total. The first-order valence-corrected chi connectivity index (χ1v) is 10.00. The molecule has 2 atom stereocenters. The molecule has 0 saturated carbocycles. The monoisotopic (exact) mass is 364 g/mol. The number of para-hydroxylation sites is 1. The molecule has 4 rings (SSSR count). The molecule has 0 aliphatic carbocycles. The van der Waals surface area contributed by atoms with E-state index in [4.69, 9.17) is 4.74 Å². The Hall–Kier alpha value is -2.33. The van der Waals surface area contributed by atoms with Crippen LogP contribution in [0.1, 0.15) is 59.7 Å². The molecule has 1 amide bonds. The molecule has 2 heterocycles. The molecule has 142 valence electrons. The van der Waals surface area contributed by atoms with Crippen molar-refractivity contribution in [2.24, 2.45) is 0 Å². The molecule has 4 heteroatoms. The third-order valence-electron chi connectivity index (χ3n) is 5.87. The second kappa shape index (κ2) is 7.73. The minimum absolute atomic E-state index is 0.0747. The van der Waals surface area contributed by atoms with E-state index in [0.29, 0.717) is 18.0 Å². The van der Waals surface area contributed by atoms with Gasteiger partial charge in [0.2, 0.25) is 0 Å². The van der Waals surface area contributed by atoms with E-state index < -0.39 is 0 Å². The lowest BCUT2D eigenvalue weighted by atomic mass is 9.97. The average Bonchev–Trinajstić information content (AvgIpc) is 3.29. The zero-order valence-electron chi connectivity index (χ0n) is 16.2. The maximum absolute atomic E-state index is 12.7. The minimum atomic E-state index is -0.0747. The summed E-state index contributed by atoms with van der Waals surface area (Å²) in [4.78, 5) is 15.2. The number of hydrogen-bond donors (Lipinski definition) is 1. The second-order valence-electron chi connectivity index (χ2n) is 7.82. The fourth-order valence-corrected chi connectivity index (χ4v) is 4.00. The van der Waals surface area contributed by atoms with E-state index in [1.165, 1.54) is 31.5 Å². The second-order valence-corrected chi connectivity index (χ2v) is 7.82. The van der Waals surface area contributed by atoms with Gasteiger partial charge in [-0.15, -0.1) is 0 Å². The number of nitrogens with zero attached hydrogens (tertiary/aromatic N) is 1. The van der Waals surface area contributed by atoms with Crippen molar-refractivity contribution in [2.75, 3.05) is 13.1 Å². The van der Waals surface area contributed by atoms with E-state index in [9.17, 15) is 4.79 Å². The standard InChI is InChI=1S/C23H28N2O2/c1-16-17(2)27-22-20(16)6-5-7-21(22)23(26)24-14-18-8-10-19(11-9-18)15-25-12-3-4-13-25/h5-11,16-17H,3-4,12-15H2,1-2H3,(H,24,26)/t16-,17+/m1/s1. The molecule has 2 aromatic carbocycles. The summed E-state index contributed by atoms with van der Waals surface area (Å²) < 4.78 is 5.94. The number of hydrogen-bond acceptors (Lipinski definition) is 3. The van der Waals surface area contributed by atoms with Gasteiger partial charge in [0.1, 0.15) is 11.9 Å². The van der Waals surface area contributed by atoms with Gasteiger partial charge in [-0.3, -0.25) is 9.69 Å². The number of carbonyl (C=O) groups excluding carboxylic acids is 1. The predicted molar refractivity (Wildman–Crippen MR) is 107 cm³/mol. The van der Waals surface area contributed by atoms with Gasteiger partial charge >= 0.3 is 0 Å². The molecule has 1 fully saturated rings. The van der Waals surface area contributed by atoms with Gasteiger partial charge in [0.25, 0.3) is 5.91 Å². The van der Waals surface area contributed by atoms with E-state index >= 15 is 0 Å². The van der Waals surface area contributed by atoms with Crippen LogP contribution in [0.25, 0.3) is 0 Å². The van der Waals surface area contributed by atoms with Gasteiger partial charge in [0, 0.05) is 24.6 Å². The Morgan fingerprint density at radius 3 is 2.52 bits per heavy atom. The Bertz CT molecular complexity index is 810. The molecule has 0 radical (unpaired) electrons. The number of ether oxygens (including phenoxy) is 1. The summed E-state index contributed by atoms with van der Waals surface area (Å²) in [7, 11) is 0. The first kappa shape index (κ1) is 18.1. The van der Waals surface area contributed by atoms with Gasteiger partial charge in [-0.1, -0.05) is 43.3 Å². The lowest BCUT2D eigenvalue weighted by molar-refractivity contribution is 0.0946. The highest BCUT2D eigenvalue weighted by Gasteiger charge is 2.30. The fraction of sp³-hybridized carbons (Fsp3) is 0.435. The molecule has 1 saturated heterocycles. The van der Waals surface area contributed by atoms with Gasteiger partial charge in [-0.2, -0.15) is 0 Å². The lowest BCUT2D eigenvalue weighted by Crippen LogP contribution is -2.23. The quantitative estimate of drug-likeness (QED) is 0.869. The lowest BCUT2D eigenvalue weighted by Gasteiger charge is -2.15. The van der Waals surface area contributed by atoms with E-state index in [1.54, 1.807) is 0 Å². The summed E-state index contributed by atoms with van der Waals surface area (Å²) in [5.74, 6) is 0.987. The normalized spacial score (nSPS) is 21.7. The minimum Gasteiger partial charge on any atom is -0.489 e. The van der Waals surface area contributed by atoms with Gasteiger partial charge in [0.15, 0.2) is 0 Å². The van der Waals surface area contributed by atoms with Crippen LogP contribution in [-0.2, 0) is 13.1 Å². The highest BCUT2D eigenvalue weighted by Crippen LogP contribution is 2.40. The molecule has 2 aromatic rings. The number of carbonyl (C=O) groups is 1. The zero-order valence-corrected chi connectivity index (χ0v) is 16.2. The van der Waals surface area contributed by atoms with Crippen LogP contribution in [0.2, 0.25) is 0 Å². The number of likely N-dealkylation sites (tertiary alicyclic amines) is 1. The average molecular weight is 364 g/mol. The summed E-state index contributed by atoms with van der Waals surface area (Å²) in [5.41, 5.74) is 4.21. The van der Waals surface area contributed by atoms with Gasteiger partial charge in [0.05, 0.1) is 5.56 Å². The van der Waals surface area contributed by atoms with Crippen molar-refractivity contribution in [2.45, 2.75) is 51.8 Å². The van der Waals surface area contributed by atoms with Crippen LogP contribution < -0.4 is 10.1 Å². The smallest absolute Gasteiger partial charge is 0.255 e. The highest BCUT2D eigenvalue weighted by molar-refractivity contribution is 5.97. The maximum atomic E-state index is 12.7. The Morgan fingerprint density at radius 1 is 1.07 bits per heavy atom. The van der Waals surface area contributed by atoms with Crippen molar-refractivity contribution in [3.8, 4) is 5.75 Å². The Kier molecular flexibility index (Phi) is 5.17. The number of nitrogens with one attached hydrogen (secondary N) is 1. The Labute approximate surface area is 161 Å². The van der Waals surface area contributed by atoms with Crippen LogP contribution in [0, 0.1) is 0 Å². The molecule has 0 aromatic heterocycles. The van der Waals surface area contributed by atoms with Crippen LogP contribution >= 0.6 is 0 Å². The molecular formula is C23H28N2O2. The van der Waals surface area contributed by atoms with Gasteiger partial charge < -0.3 is 10.1 Å². The number of benzene rings is 2. The van der Waals surface area contributed by atoms with Gasteiger partial charge in [-0.25, -0.2) is 0 Å². The maximum Gasteiger partial charge on any atom is 0.255 e. The SMILES string of the molecule is C[C@@H]1Oc2c(C(=O)NCc3ccc(CN4CCCC4)cc3)cccc2[C@@H]1C. The molecule has 2 aliphatic rings. The van der Waals surface area contributed by atoms with E-state index in [1.807, 2.05) is 12.1 Å². The number of fused-ring (bicyclic) bond motifs is 1. The molecule has 0 spiro atoms. The largest absolute Gasteiger partial charge is 0.489 e. The van der Waals surface area contributed by atoms with Crippen molar-refractivity contribution >= 4 is 5.91 Å². The topological polar surface area (TPSA) is 41.6 Å². The molecule has 0 bridgehead atoms. The molecule has 1 N–H and O–H groups in total. The van der Waals surface area contributed by atoms with Crippen LogP contribution in [0.3, 0.4) is 0 Å². The van der Waals surface area contributed by atoms with E-state index in [2.05, 4.69) is 54.4 Å². The molecule has 27 heavy (non-hydrogen) atoms. The van der Waals surface area contributed by atoms with Crippen LogP contribution in [-0.4, -0.2) is 30.0 Å². The molecule has 0 unspecified atom stereocenters. The number of rotatable bonds is 5. The summed E-state index contributed by atoms with van der Waals surface area (Å²) in [5, 5.41) is 3.04. The van der Waals surface area contributed by atoms with Crippen LogP contribution in [0.15, 0.2) is 42.5 Å². The van der Waals surface area contributed by atoms with Crippen LogP contribution in [0.5, 0.6) is 5.75 Å². The predicted octanol–water partition coefficient (Wildman–Crippen LogP) is 4.10. The fourth-order valence-electron chi connectivity index (χ4n) is 4.00. The molecule has 2 aliphatic heterocycles. The van der Waals surface area contributed by atoms with Crippen molar-refractivity contribution in [3.05, 3.63) is 64.7 Å². The van der Waals surface area contributed by atoms with Gasteiger partial charge in [-0.05, 0) is 50.0 Å². The number of amides is 1. The van der Waals surface area contributed by atoms with E-state index in [-0.39, 0.29) is 12.0 Å². The van der Waals surface area contributed by atoms with Crippen molar-refractivity contribution in [3.63, 3.8) is 0 Å². The Morgan fingerprint density at radius 2 is 1.78 bits per heavy atom. The Balaban J connectivity index is 1.37. The van der Waals surface area contributed by atoms with Crippen LogP contribution in [0.4, 0.5) is 0 Å². The van der Waals surface area contributed by atoms with Crippen molar-refractivity contribution in [1.82, 2.24) is 10.2 Å². The third-order valence-corrected chi connectivity index (χ3v) is 5.87. The summed E-state index contributed by atoms with van der Waals surface area (Å²) in [6, 6.07) is 14.4.